The van der Waals surface area contributed by atoms with Crippen LogP contribution in [-0.2, 0) is 21.7 Å². The Kier molecular flexibility index (Phi) is 16.9. The van der Waals surface area contributed by atoms with E-state index in [1.54, 1.807) is 0 Å². The minimum absolute atomic E-state index is 0. The first-order valence-electron chi connectivity index (χ1n) is 7.93. The fourth-order valence-corrected chi connectivity index (χ4v) is 7.73. The quantitative estimate of drug-likeness (QED) is 0.276. The maximum atomic E-state index is 2.43. The molecule has 0 aliphatic heterocycles. The smallest absolute Gasteiger partial charge is 0.358 e. The molecule has 3 heteroatoms. The van der Waals surface area contributed by atoms with Crippen molar-refractivity contribution in [3.8, 4) is 0 Å². The van der Waals surface area contributed by atoms with Crippen LogP contribution in [0.25, 0.3) is 0 Å². The Balaban J connectivity index is -0.00000108. The van der Waals surface area contributed by atoms with Gasteiger partial charge in [-0.2, -0.15) is 0 Å². The summed E-state index contributed by atoms with van der Waals surface area (Å²) in [5.41, 5.74) is 4.58. The standard InChI is InChI=1S/C16H34P2.2CH3.Ti/c1-7-16(8-2)10-14(17-12(3)4)9-15(11-16)18-13(5)6;;;/h12-15,17-18H,7-11H2,1-6H3;2*1H3;/q;2*-1;+2. The molecule has 4 atom stereocenters. The van der Waals surface area contributed by atoms with E-state index < -0.39 is 0 Å². The van der Waals surface area contributed by atoms with Crippen LogP contribution in [0.3, 0.4) is 0 Å². The number of hydrogen-bond acceptors (Lipinski definition) is 0. The topological polar surface area (TPSA) is 0 Å². The average molecular weight is 366 g/mol. The van der Waals surface area contributed by atoms with Crippen molar-refractivity contribution >= 4 is 17.2 Å². The molecule has 1 saturated carbocycles. The number of rotatable bonds is 6. The third kappa shape index (κ3) is 9.45. The molecule has 0 spiro atoms. The van der Waals surface area contributed by atoms with Crippen molar-refractivity contribution in [2.45, 2.75) is 96.3 Å². The van der Waals surface area contributed by atoms with Crippen molar-refractivity contribution in [1.82, 2.24) is 0 Å². The Hall–Kier alpha value is 1.57. The summed E-state index contributed by atoms with van der Waals surface area (Å²) in [6.45, 7) is 14.5. The van der Waals surface area contributed by atoms with Gasteiger partial charge in [-0.25, -0.2) is 0 Å². The van der Waals surface area contributed by atoms with Gasteiger partial charge in [-0.1, -0.05) is 54.4 Å². The van der Waals surface area contributed by atoms with Crippen molar-refractivity contribution < 1.29 is 21.7 Å². The predicted octanol–water partition coefficient (Wildman–Crippen LogP) is 6.79. The summed E-state index contributed by atoms with van der Waals surface area (Å²) in [4.78, 5) is 0. The zero-order chi connectivity index (χ0) is 13.8. The van der Waals surface area contributed by atoms with E-state index in [9.17, 15) is 0 Å². The average Bonchev–Trinajstić information content (AvgIpc) is 2.26. The van der Waals surface area contributed by atoms with Crippen LogP contribution < -0.4 is 0 Å². The van der Waals surface area contributed by atoms with E-state index in [4.69, 9.17) is 0 Å². The largest absolute Gasteiger partial charge is 2.00 e. The Morgan fingerprint density at radius 3 is 1.43 bits per heavy atom. The van der Waals surface area contributed by atoms with Gasteiger partial charge in [-0.05, 0) is 47.3 Å². The molecule has 0 aromatic carbocycles. The molecule has 1 rings (SSSR count). The van der Waals surface area contributed by atoms with Gasteiger partial charge in [0.15, 0.2) is 0 Å². The number of hydrogen-bond donors (Lipinski definition) is 0. The Morgan fingerprint density at radius 1 is 0.857 bits per heavy atom. The van der Waals surface area contributed by atoms with Crippen LogP contribution in [0.4, 0.5) is 0 Å². The molecule has 0 aromatic heterocycles. The SMILES string of the molecule is CCC1(CC)CC(PC(C)C)CC(PC(C)C)C1.[CH3-].[CH3-].[Ti+2]. The van der Waals surface area contributed by atoms with Gasteiger partial charge in [-0.15, -0.1) is 17.2 Å². The third-order valence-electron chi connectivity index (χ3n) is 4.57. The van der Waals surface area contributed by atoms with Gasteiger partial charge < -0.3 is 14.9 Å². The molecule has 1 aliphatic rings. The van der Waals surface area contributed by atoms with Crippen LogP contribution in [0, 0.1) is 20.3 Å². The first-order valence-corrected chi connectivity index (χ1v) is 10.2. The first kappa shape index (κ1) is 27.4. The molecule has 0 nitrogen and oxygen atoms in total. The molecule has 4 unspecified atom stereocenters. The van der Waals surface area contributed by atoms with E-state index in [1.165, 1.54) is 49.3 Å². The van der Waals surface area contributed by atoms with Crippen molar-refractivity contribution in [1.29, 1.82) is 0 Å². The molecular formula is C18H40P2Ti. The molecule has 0 aromatic rings. The first-order chi connectivity index (χ1) is 8.40. The fourth-order valence-electron chi connectivity index (χ4n) is 3.66. The second kappa shape index (κ2) is 12.9. The molecule has 126 valence electrons. The van der Waals surface area contributed by atoms with Crippen LogP contribution in [-0.4, -0.2) is 22.6 Å². The summed E-state index contributed by atoms with van der Waals surface area (Å²) in [5, 5.41) is 0. The Morgan fingerprint density at radius 2 is 1.19 bits per heavy atom. The van der Waals surface area contributed by atoms with Gasteiger partial charge in [0.05, 0.1) is 0 Å². The minimum Gasteiger partial charge on any atom is -0.358 e. The summed E-state index contributed by atoms with van der Waals surface area (Å²) in [6.07, 6.45) is 7.39. The summed E-state index contributed by atoms with van der Waals surface area (Å²) in [5.74, 6) is 0. The molecule has 0 bridgehead atoms. The molecule has 21 heavy (non-hydrogen) atoms. The van der Waals surface area contributed by atoms with Gasteiger partial charge in [0, 0.05) is 0 Å². The molecule has 0 amide bonds. The summed E-state index contributed by atoms with van der Waals surface area (Å²) in [7, 11) is 2.40. The normalized spacial score (nSPS) is 25.1. The second-order valence-electron chi connectivity index (χ2n) is 6.89. The van der Waals surface area contributed by atoms with E-state index in [0.29, 0.717) is 5.41 Å². The summed E-state index contributed by atoms with van der Waals surface area (Å²) < 4.78 is 0. The molecule has 0 radical (unpaired) electrons. The van der Waals surface area contributed by atoms with Gasteiger partial charge in [0.1, 0.15) is 0 Å². The predicted molar refractivity (Wildman–Crippen MR) is 104 cm³/mol. The van der Waals surface area contributed by atoms with E-state index in [2.05, 4.69) is 41.5 Å². The molecular weight excluding hydrogens is 326 g/mol. The molecule has 0 heterocycles. The zero-order valence-electron chi connectivity index (χ0n) is 15.8. The van der Waals surface area contributed by atoms with Crippen LogP contribution in [0.2, 0.25) is 0 Å². The monoisotopic (exact) mass is 366 g/mol. The Bertz CT molecular complexity index is 217. The van der Waals surface area contributed by atoms with Gasteiger partial charge in [0.25, 0.3) is 0 Å². The van der Waals surface area contributed by atoms with Crippen molar-refractivity contribution in [3.05, 3.63) is 14.9 Å². The van der Waals surface area contributed by atoms with Gasteiger partial charge >= 0.3 is 21.7 Å². The molecule has 1 aliphatic carbocycles. The molecule has 0 saturated heterocycles. The zero-order valence-corrected chi connectivity index (χ0v) is 19.4. The summed E-state index contributed by atoms with van der Waals surface area (Å²) in [6, 6.07) is 0. The second-order valence-corrected chi connectivity index (χ2v) is 11.5. The minimum atomic E-state index is 0. The van der Waals surface area contributed by atoms with Crippen molar-refractivity contribution in [2.75, 3.05) is 0 Å². The fraction of sp³-hybridized carbons (Fsp3) is 0.889. The van der Waals surface area contributed by atoms with Gasteiger partial charge in [0.2, 0.25) is 0 Å². The van der Waals surface area contributed by atoms with Crippen LogP contribution in [0.5, 0.6) is 0 Å². The Labute approximate surface area is 155 Å². The molecule has 1 fully saturated rings. The van der Waals surface area contributed by atoms with Crippen molar-refractivity contribution in [3.63, 3.8) is 0 Å². The van der Waals surface area contributed by atoms with Crippen LogP contribution >= 0.6 is 17.2 Å². The maximum absolute atomic E-state index is 2.43. The molecule has 0 N–H and O–H groups in total. The summed E-state index contributed by atoms with van der Waals surface area (Å²) >= 11 is 0. The van der Waals surface area contributed by atoms with Crippen LogP contribution in [0.15, 0.2) is 0 Å². The van der Waals surface area contributed by atoms with E-state index in [1.807, 2.05) is 0 Å². The van der Waals surface area contributed by atoms with E-state index >= 15 is 0 Å². The third-order valence-corrected chi connectivity index (χ3v) is 7.72. The van der Waals surface area contributed by atoms with Crippen molar-refractivity contribution in [2.24, 2.45) is 5.41 Å². The van der Waals surface area contributed by atoms with E-state index in [-0.39, 0.29) is 36.6 Å². The maximum Gasteiger partial charge on any atom is 2.00 e. The van der Waals surface area contributed by atoms with Crippen LogP contribution in [0.1, 0.15) is 73.6 Å². The van der Waals surface area contributed by atoms with E-state index in [0.717, 1.165) is 22.6 Å². The van der Waals surface area contributed by atoms with Gasteiger partial charge in [-0.3, -0.25) is 0 Å².